The van der Waals surface area contributed by atoms with E-state index in [0.29, 0.717) is 12.8 Å². The van der Waals surface area contributed by atoms with Gasteiger partial charge in [-0.2, -0.15) is 18.3 Å². The van der Waals surface area contributed by atoms with Crippen LogP contribution < -0.4 is 5.01 Å². The van der Waals surface area contributed by atoms with Crippen molar-refractivity contribution < 1.29 is 18.0 Å². The second-order valence-electron chi connectivity index (χ2n) is 5.57. The first kappa shape index (κ1) is 16.5. The highest BCUT2D eigenvalue weighted by molar-refractivity contribution is 6.11. The molecule has 0 N–H and O–H groups in total. The summed E-state index contributed by atoms with van der Waals surface area (Å²) in [5.74, 6) is -0.240. The first-order valence-electron chi connectivity index (χ1n) is 7.41. The summed E-state index contributed by atoms with van der Waals surface area (Å²) >= 11 is 0. The molecule has 0 unspecified atom stereocenters. The second kappa shape index (κ2) is 6.10. The van der Waals surface area contributed by atoms with Gasteiger partial charge in [0.2, 0.25) is 0 Å². The average molecular weight is 312 g/mol. The van der Waals surface area contributed by atoms with Crippen LogP contribution in [0.5, 0.6) is 0 Å². The average Bonchev–Trinajstić information content (AvgIpc) is 2.77. The van der Waals surface area contributed by atoms with Crippen molar-refractivity contribution in [1.82, 2.24) is 0 Å². The number of hydrogen-bond acceptors (Lipinski definition) is 2. The second-order valence-corrected chi connectivity index (χ2v) is 5.57. The lowest BCUT2D eigenvalue weighted by Crippen LogP contribution is -2.36. The molecule has 1 aromatic carbocycles. The zero-order chi connectivity index (χ0) is 16.4. The number of benzene rings is 1. The lowest BCUT2D eigenvalue weighted by molar-refractivity contribution is -0.137. The molecule has 0 saturated heterocycles. The topological polar surface area (TPSA) is 32.7 Å². The maximum absolute atomic E-state index is 12.8. The van der Waals surface area contributed by atoms with E-state index in [9.17, 15) is 18.0 Å². The van der Waals surface area contributed by atoms with Gasteiger partial charge >= 0.3 is 6.18 Å². The Morgan fingerprint density at radius 3 is 2.36 bits per heavy atom. The van der Waals surface area contributed by atoms with Gasteiger partial charge in [-0.1, -0.05) is 32.8 Å². The van der Waals surface area contributed by atoms with Crippen LogP contribution in [0, 0.1) is 5.41 Å². The maximum Gasteiger partial charge on any atom is 0.416 e. The molecule has 0 atom stereocenters. The number of anilines is 1. The number of amides is 1. The van der Waals surface area contributed by atoms with Gasteiger partial charge < -0.3 is 0 Å². The smallest absolute Gasteiger partial charge is 0.271 e. The summed E-state index contributed by atoms with van der Waals surface area (Å²) < 4.78 is 38.4. The fraction of sp³-hybridized carbons (Fsp3) is 0.500. The van der Waals surface area contributed by atoms with Crippen LogP contribution in [0.2, 0.25) is 0 Å². The highest BCUT2D eigenvalue weighted by Gasteiger charge is 2.44. The van der Waals surface area contributed by atoms with E-state index in [1.807, 2.05) is 13.8 Å². The molecule has 0 spiro atoms. The molecule has 0 saturated carbocycles. The quantitative estimate of drug-likeness (QED) is 0.780. The molecule has 0 radical (unpaired) electrons. The van der Waals surface area contributed by atoms with Gasteiger partial charge in [-0.05, 0) is 31.0 Å². The highest BCUT2D eigenvalue weighted by atomic mass is 19.4. The van der Waals surface area contributed by atoms with Crippen molar-refractivity contribution in [3.8, 4) is 0 Å². The molecule has 0 aromatic heterocycles. The molecule has 0 fully saturated rings. The molecule has 120 valence electrons. The minimum absolute atomic E-state index is 0.158. The lowest BCUT2D eigenvalue weighted by Gasteiger charge is -2.25. The first-order valence-corrected chi connectivity index (χ1v) is 7.41. The number of hydrogen-bond donors (Lipinski definition) is 0. The molecule has 0 bridgehead atoms. The number of rotatable bonds is 5. The number of carbonyl (C=O) groups is 1. The molecule has 22 heavy (non-hydrogen) atoms. The zero-order valence-electron chi connectivity index (χ0n) is 12.7. The van der Waals surface area contributed by atoms with E-state index in [2.05, 4.69) is 5.10 Å². The molecule has 1 amide bonds. The van der Waals surface area contributed by atoms with E-state index in [0.717, 1.165) is 30.0 Å². The lowest BCUT2D eigenvalue weighted by atomic mass is 9.80. The Labute approximate surface area is 127 Å². The van der Waals surface area contributed by atoms with Crippen LogP contribution in [-0.4, -0.2) is 12.1 Å². The summed E-state index contributed by atoms with van der Waals surface area (Å²) in [5, 5.41) is 5.19. The van der Waals surface area contributed by atoms with Crippen LogP contribution in [0.4, 0.5) is 18.9 Å². The first-order chi connectivity index (χ1) is 10.3. The maximum atomic E-state index is 12.8. The van der Waals surface area contributed by atoms with Crippen LogP contribution in [-0.2, 0) is 11.0 Å². The van der Waals surface area contributed by atoms with Gasteiger partial charge in [-0.3, -0.25) is 4.79 Å². The fourth-order valence-electron chi connectivity index (χ4n) is 2.84. The van der Waals surface area contributed by atoms with Gasteiger partial charge in [0.15, 0.2) is 0 Å². The van der Waals surface area contributed by atoms with Crippen LogP contribution in [0.15, 0.2) is 29.4 Å². The molecular weight excluding hydrogens is 293 g/mol. The van der Waals surface area contributed by atoms with Crippen LogP contribution in [0.25, 0.3) is 0 Å². The van der Waals surface area contributed by atoms with Gasteiger partial charge in [0.25, 0.3) is 5.91 Å². The van der Waals surface area contributed by atoms with Crippen molar-refractivity contribution in [2.45, 2.75) is 45.7 Å². The third-order valence-corrected chi connectivity index (χ3v) is 3.85. The molecule has 1 aromatic rings. The molecule has 0 aliphatic carbocycles. The third kappa shape index (κ3) is 3.00. The Bertz CT molecular complexity index is 575. The minimum Gasteiger partial charge on any atom is -0.271 e. The van der Waals surface area contributed by atoms with E-state index in [1.165, 1.54) is 12.1 Å². The van der Waals surface area contributed by atoms with E-state index in [-0.39, 0.29) is 11.6 Å². The number of hydrazone groups is 1. The van der Waals surface area contributed by atoms with Gasteiger partial charge in [0, 0.05) is 6.21 Å². The van der Waals surface area contributed by atoms with Gasteiger partial charge in [0.1, 0.15) is 0 Å². The zero-order valence-corrected chi connectivity index (χ0v) is 12.7. The molecule has 1 heterocycles. The van der Waals surface area contributed by atoms with Crippen molar-refractivity contribution in [3.63, 3.8) is 0 Å². The van der Waals surface area contributed by atoms with E-state index in [4.69, 9.17) is 0 Å². The van der Waals surface area contributed by atoms with Crippen molar-refractivity contribution in [2.75, 3.05) is 5.01 Å². The molecule has 3 nitrogen and oxygen atoms in total. The summed E-state index contributed by atoms with van der Waals surface area (Å²) in [6.07, 6.45) is 0.0919. The van der Waals surface area contributed by atoms with E-state index >= 15 is 0 Å². The van der Waals surface area contributed by atoms with Gasteiger partial charge in [0.05, 0.1) is 16.7 Å². The van der Waals surface area contributed by atoms with E-state index in [1.54, 1.807) is 6.21 Å². The molecular formula is C16H19F3N2O. The van der Waals surface area contributed by atoms with Crippen LogP contribution in [0.1, 0.15) is 45.1 Å². The van der Waals surface area contributed by atoms with Crippen molar-refractivity contribution in [3.05, 3.63) is 29.8 Å². The molecule has 6 heteroatoms. The summed E-state index contributed by atoms with van der Waals surface area (Å²) in [4.78, 5) is 12.7. The Kier molecular flexibility index (Phi) is 4.58. The SMILES string of the molecule is CCCC1(CCC)C=NN(c2cccc(C(F)(F)F)c2)C1=O. The molecule has 2 rings (SSSR count). The predicted molar refractivity (Wildman–Crippen MR) is 79.7 cm³/mol. The Morgan fingerprint density at radius 1 is 1.18 bits per heavy atom. The summed E-state index contributed by atoms with van der Waals surface area (Å²) in [5.41, 5.74) is -1.31. The third-order valence-electron chi connectivity index (χ3n) is 3.85. The van der Waals surface area contributed by atoms with Crippen molar-refractivity contribution in [2.24, 2.45) is 10.5 Å². The predicted octanol–water partition coefficient (Wildman–Crippen LogP) is 4.62. The van der Waals surface area contributed by atoms with Crippen molar-refractivity contribution in [1.29, 1.82) is 0 Å². The fourth-order valence-corrected chi connectivity index (χ4v) is 2.84. The summed E-state index contributed by atoms with van der Waals surface area (Å²) in [6.45, 7) is 3.96. The van der Waals surface area contributed by atoms with Gasteiger partial charge in [-0.25, -0.2) is 5.01 Å². The molecule has 1 aliphatic rings. The minimum atomic E-state index is -4.44. The standard InChI is InChI=1S/C16H19F3N2O/c1-3-8-15(9-4-2)11-20-21(14(15)22)13-7-5-6-12(10-13)16(17,18)19/h5-7,10-11H,3-4,8-9H2,1-2H3. The Balaban J connectivity index is 2.32. The normalized spacial score (nSPS) is 17.3. The molecule has 1 aliphatic heterocycles. The summed E-state index contributed by atoms with van der Waals surface area (Å²) in [6, 6.07) is 4.71. The highest BCUT2D eigenvalue weighted by Crippen LogP contribution is 2.38. The number of halogens is 3. The van der Waals surface area contributed by atoms with Crippen LogP contribution in [0.3, 0.4) is 0 Å². The Hall–Kier alpha value is -1.85. The van der Waals surface area contributed by atoms with E-state index < -0.39 is 17.2 Å². The van der Waals surface area contributed by atoms with Crippen molar-refractivity contribution >= 4 is 17.8 Å². The largest absolute Gasteiger partial charge is 0.416 e. The van der Waals surface area contributed by atoms with Crippen LogP contribution >= 0.6 is 0 Å². The number of nitrogens with zero attached hydrogens (tertiary/aromatic N) is 2. The monoisotopic (exact) mass is 312 g/mol. The number of carbonyl (C=O) groups excluding carboxylic acids is 1. The summed E-state index contributed by atoms with van der Waals surface area (Å²) in [7, 11) is 0. The Morgan fingerprint density at radius 2 is 1.82 bits per heavy atom. The van der Waals surface area contributed by atoms with Gasteiger partial charge in [-0.15, -0.1) is 0 Å². The number of alkyl halides is 3.